The molecule has 1 nitrogen and oxygen atoms in total. The van der Waals surface area contributed by atoms with Crippen molar-refractivity contribution in [2.75, 3.05) is 6.67 Å². The van der Waals surface area contributed by atoms with Crippen molar-refractivity contribution in [1.82, 2.24) is 0 Å². The summed E-state index contributed by atoms with van der Waals surface area (Å²) >= 11 is 0. The summed E-state index contributed by atoms with van der Waals surface area (Å²) in [7, 11) is 0. The van der Waals surface area contributed by atoms with E-state index in [1.165, 1.54) is 0 Å². The molecule has 0 heterocycles. The van der Waals surface area contributed by atoms with Crippen molar-refractivity contribution in [3.63, 3.8) is 0 Å². The topological polar surface area (TPSA) is 20.2 Å². The van der Waals surface area contributed by atoms with Gasteiger partial charge in [0.05, 0.1) is 6.10 Å². The van der Waals surface area contributed by atoms with E-state index in [0.717, 1.165) is 19.3 Å². The van der Waals surface area contributed by atoms with Gasteiger partial charge in [-0.1, -0.05) is 12.5 Å². The average molecular weight is 146 g/mol. The van der Waals surface area contributed by atoms with Crippen LogP contribution in [0.3, 0.4) is 0 Å². The van der Waals surface area contributed by atoms with Gasteiger partial charge in [-0.25, -0.2) is 4.39 Å². The van der Waals surface area contributed by atoms with Crippen molar-refractivity contribution in [2.24, 2.45) is 0 Å². The molecule has 2 heteroatoms. The third-order valence-electron chi connectivity index (χ3n) is 1.37. The lowest BCUT2D eigenvalue weighted by molar-refractivity contribution is 0.128. The molecule has 0 fully saturated rings. The molecule has 10 heavy (non-hydrogen) atoms. The van der Waals surface area contributed by atoms with Crippen molar-refractivity contribution in [2.45, 2.75) is 31.8 Å². The maximum Gasteiger partial charge on any atom is 0.115 e. The Hall–Kier alpha value is -0.370. The second-order valence-electron chi connectivity index (χ2n) is 2.38. The summed E-state index contributed by atoms with van der Waals surface area (Å²) in [6.45, 7) is 2.94. The largest absolute Gasteiger partial charge is 0.390 e. The molecule has 1 atom stereocenters. The molecule has 0 rings (SSSR count). The number of alkyl halides is 1. The van der Waals surface area contributed by atoms with Crippen LogP contribution in [0.25, 0.3) is 0 Å². The first-order valence-electron chi connectivity index (χ1n) is 3.66. The van der Waals surface area contributed by atoms with Gasteiger partial charge >= 0.3 is 0 Å². The van der Waals surface area contributed by atoms with E-state index in [-0.39, 0.29) is 0 Å². The Labute approximate surface area is 61.6 Å². The highest BCUT2D eigenvalue weighted by molar-refractivity contribution is 4.66. The van der Waals surface area contributed by atoms with E-state index in [0.29, 0.717) is 6.42 Å². The first-order valence-corrected chi connectivity index (χ1v) is 3.66. The quantitative estimate of drug-likeness (QED) is 0.449. The van der Waals surface area contributed by atoms with Crippen molar-refractivity contribution in [3.8, 4) is 0 Å². The highest BCUT2D eigenvalue weighted by Crippen LogP contribution is 2.03. The van der Waals surface area contributed by atoms with Crippen LogP contribution in [0, 0.1) is 0 Å². The van der Waals surface area contributed by atoms with Gasteiger partial charge in [-0.2, -0.15) is 0 Å². The van der Waals surface area contributed by atoms with E-state index >= 15 is 0 Å². The molecule has 60 valence electrons. The van der Waals surface area contributed by atoms with Crippen LogP contribution in [0.4, 0.5) is 4.39 Å². The summed E-state index contributed by atoms with van der Waals surface area (Å²) in [4.78, 5) is 0. The van der Waals surface area contributed by atoms with Crippen molar-refractivity contribution < 1.29 is 9.50 Å². The minimum absolute atomic E-state index is 0.574. The van der Waals surface area contributed by atoms with Crippen molar-refractivity contribution in [3.05, 3.63) is 12.7 Å². The van der Waals surface area contributed by atoms with Gasteiger partial charge in [0.1, 0.15) is 6.67 Å². The van der Waals surface area contributed by atoms with Crippen LogP contribution in [0.1, 0.15) is 25.7 Å². The Morgan fingerprint density at radius 3 is 2.70 bits per heavy atom. The zero-order valence-electron chi connectivity index (χ0n) is 6.22. The second-order valence-corrected chi connectivity index (χ2v) is 2.38. The van der Waals surface area contributed by atoms with Gasteiger partial charge in [0.2, 0.25) is 0 Å². The highest BCUT2D eigenvalue weighted by Gasteiger charge is 2.00. The summed E-state index contributed by atoms with van der Waals surface area (Å²) in [5.74, 6) is 0. The standard InChI is InChI=1S/C8H15FO/c1-2-3-4-5-6-8(10)7-9/h2,8,10H,1,3-7H2/t8-/m0/s1. The molecule has 0 bridgehead atoms. The number of aliphatic hydroxyl groups is 1. The Bertz CT molecular complexity index is 83.3. The molecule has 0 amide bonds. The van der Waals surface area contributed by atoms with Gasteiger partial charge in [0.15, 0.2) is 0 Å². The molecule has 0 aliphatic rings. The summed E-state index contributed by atoms with van der Waals surface area (Å²) in [5.41, 5.74) is 0. The van der Waals surface area contributed by atoms with Crippen LogP contribution in [0.15, 0.2) is 12.7 Å². The van der Waals surface area contributed by atoms with Crippen LogP contribution in [-0.4, -0.2) is 17.9 Å². The Morgan fingerprint density at radius 1 is 1.50 bits per heavy atom. The number of unbranched alkanes of at least 4 members (excludes halogenated alkanes) is 2. The molecule has 0 aliphatic heterocycles. The number of halogens is 1. The van der Waals surface area contributed by atoms with Gasteiger partial charge in [0.25, 0.3) is 0 Å². The van der Waals surface area contributed by atoms with E-state index < -0.39 is 12.8 Å². The molecule has 0 saturated heterocycles. The Morgan fingerprint density at radius 2 is 2.20 bits per heavy atom. The van der Waals surface area contributed by atoms with Gasteiger partial charge in [-0.3, -0.25) is 0 Å². The predicted octanol–water partition coefficient (Wildman–Crippen LogP) is 2.06. The highest BCUT2D eigenvalue weighted by atomic mass is 19.1. The number of hydrogen-bond donors (Lipinski definition) is 1. The Balaban J connectivity index is 2.95. The SMILES string of the molecule is C=CCCCC[C@H](O)CF. The molecule has 0 aromatic carbocycles. The summed E-state index contributed by atoms with van der Waals surface area (Å²) in [6.07, 6.45) is 4.51. The third kappa shape index (κ3) is 5.76. The molecular weight excluding hydrogens is 131 g/mol. The predicted molar refractivity (Wildman–Crippen MR) is 40.6 cm³/mol. The van der Waals surface area contributed by atoms with Crippen molar-refractivity contribution in [1.29, 1.82) is 0 Å². The van der Waals surface area contributed by atoms with Crippen LogP contribution in [-0.2, 0) is 0 Å². The molecular formula is C8H15FO. The van der Waals surface area contributed by atoms with E-state index in [4.69, 9.17) is 5.11 Å². The molecule has 0 saturated carbocycles. The van der Waals surface area contributed by atoms with E-state index in [1.807, 2.05) is 6.08 Å². The normalized spacial score (nSPS) is 13.0. The zero-order valence-corrected chi connectivity index (χ0v) is 6.22. The van der Waals surface area contributed by atoms with Gasteiger partial charge in [-0.05, 0) is 19.3 Å². The summed E-state index contributed by atoms with van der Waals surface area (Å²) in [5, 5.41) is 8.76. The fourth-order valence-electron chi connectivity index (χ4n) is 0.746. The fraction of sp³-hybridized carbons (Fsp3) is 0.750. The lowest BCUT2D eigenvalue weighted by Gasteiger charge is -2.03. The molecule has 1 N–H and O–H groups in total. The summed E-state index contributed by atoms with van der Waals surface area (Å²) < 4.78 is 11.6. The van der Waals surface area contributed by atoms with E-state index in [9.17, 15) is 4.39 Å². The van der Waals surface area contributed by atoms with Gasteiger partial charge < -0.3 is 5.11 Å². The number of rotatable bonds is 6. The molecule has 0 spiro atoms. The first-order chi connectivity index (χ1) is 4.81. The minimum atomic E-state index is -0.746. The van der Waals surface area contributed by atoms with Gasteiger partial charge in [0, 0.05) is 0 Å². The lowest BCUT2D eigenvalue weighted by atomic mass is 10.1. The average Bonchev–Trinajstić information content (AvgIpc) is 1.98. The molecule has 0 unspecified atom stereocenters. The zero-order chi connectivity index (χ0) is 7.82. The second kappa shape index (κ2) is 6.75. The molecule has 0 radical (unpaired) electrons. The van der Waals surface area contributed by atoms with Crippen LogP contribution < -0.4 is 0 Å². The molecule has 0 aromatic rings. The van der Waals surface area contributed by atoms with Crippen LogP contribution >= 0.6 is 0 Å². The monoisotopic (exact) mass is 146 g/mol. The minimum Gasteiger partial charge on any atom is -0.390 e. The van der Waals surface area contributed by atoms with Gasteiger partial charge in [-0.15, -0.1) is 6.58 Å². The third-order valence-corrected chi connectivity index (χ3v) is 1.37. The molecule has 0 aliphatic carbocycles. The van der Waals surface area contributed by atoms with Crippen LogP contribution in [0.2, 0.25) is 0 Å². The maximum absolute atomic E-state index is 11.6. The molecule has 0 aromatic heterocycles. The lowest BCUT2D eigenvalue weighted by Crippen LogP contribution is -2.07. The summed E-state index contributed by atoms with van der Waals surface area (Å²) in [6, 6.07) is 0. The smallest absolute Gasteiger partial charge is 0.115 e. The van der Waals surface area contributed by atoms with E-state index in [2.05, 4.69) is 6.58 Å². The first kappa shape index (κ1) is 9.63. The van der Waals surface area contributed by atoms with Crippen LogP contribution in [0.5, 0.6) is 0 Å². The Kier molecular flexibility index (Phi) is 6.50. The van der Waals surface area contributed by atoms with E-state index in [1.54, 1.807) is 0 Å². The number of allylic oxidation sites excluding steroid dienone is 1. The maximum atomic E-state index is 11.6. The number of hydrogen-bond acceptors (Lipinski definition) is 1. The van der Waals surface area contributed by atoms with Crippen molar-refractivity contribution >= 4 is 0 Å². The number of aliphatic hydroxyl groups excluding tert-OH is 1. The fourth-order valence-corrected chi connectivity index (χ4v) is 0.746.